The first kappa shape index (κ1) is 9.89. The molecular weight excluding hydrogens is 222 g/mol. The van der Waals surface area contributed by atoms with E-state index in [0.29, 0.717) is 0 Å². The zero-order valence-electron chi connectivity index (χ0n) is 9.10. The third-order valence-corrected chi connectivity index (χ3v) is 3.76. The molecule has 6 heteroatoms. The Morgan fingerprint density at radius 1 is 1.38 bits per heavy atom. The first-order valence-electron chi connectivity index (χ1n) is 5.36. The summed E-state index contributed by atoms with van der Waals surface area (Å²) in [5, 5.41) is 8.52. The van der Waals surface area contributed by atoms with Crippen LogP contribution in [0.2, 0.25) is 0 Å². The smallest absolute Gasteiger partial charge is 0.184 e. The number of nitrogens with zero attached hydrogens (tertiary/aromatic N) is 4. The first-order chi connectivity index (χ1) is 7.86. The molecule has 3 heterocycles. The van der Waals surface area contributed by atoms with Gasteiger partial charge in [-0.25, -0.2) is 4.98 Å². The molecule has 1 N–H and O–H groups in total. The Labute approximate surface area is 97.7 Å². The van der Waals surface area contributed by atoms with Gasteiger partial charge in [0.25, 0.3) is 0 Å². The van der Waals surface area contributed by atoms with Gasteiger partial charge in [-0.05, 0) is 6.92 Å². The van der Waals surface area contributed by atoms with Gasteiger partial charge >= 0.3 is 0 Å². The van der Waals surface area contributed by atoms with Crippen LogP contribution >= 0.6 is 11.8 Å². The fraction of sp³-hybridized carbons (Fsp3) is 0.500. The molecule has 0 bridgehead atoms. The SMILES string of the molecule is Cc1[nH]cnc1-c1nnc2n1CCSCC2. The van der Waals surface area contributed by atoms with E-state index < -0.39 is 0 Å². The summed E-state index contributed by atoms with van der Waals surface area (Å²) in [6, 6.07) is 0. The molecule has 1 aliphatic heterocycles. The number of imidazole rings is 1. The average molecular weight is 235 g/mol. The molecule has 1 aliphatic rings. The second-order valence-corrected chi connectivity index (χ2v) is 5.05. The van der Waals surface area contributed by atoms with Crippen LogP contribution in [0.5, 0.6) is 0 Å². The monoisotopic (exact) mass is 235 g/mol. The maximum Gasteiger partial charge on any atom is 0.184 e. The lowest BCUT2D eigenvalue weighted by Gasteiger charge is -2.04. The number of aromatic nitrogens is 5. The fourth-order valence-electron chi connectivity index (χ4n) is 1.94. The highest BCUT2D eigenvalue weighted by atomic mass is 32.2. The normalized spacial score (nSPS) is 15.8. The van der Waals surface area contributed by atoms with E-state index in [2.05, 4.69) is 24.7 Å². The van der Waals surface area contributed by atoms with Crippen molar-refractivity contribution in [2.24, 2.45) is 0 Å². The van der Waals surface area contributed by atoms with Gasteiger partial charge in [0.1, 0.15) is 11.5 Å². The Morgan fingerprint density at radius 2 is 2.31 bits per heavy atom. The molecule has 5 nitrogen and oxygen atoms in total. The van der Waals surface area contributed by atoms with Gasteiger partial charge in [0.05, 0.1) is 6.33 Å². The lowest BCUT2D eigenvalue weighted by Crippen LogP contribution is -2.05. The van der Waals surface area contributed by atoms with Crippen molar-refractivity contribution < 1.29 is 0 Å². The minimum atomic E-state index is 0.899. The molecule has 0 unspecified atom stereocenters. The Hall–Kier alpha value is -1.30. The van der Waals surface area contributed by atoms with E-state index in [0.717, 1.165) is 47.5 Å². The second-order valence-electron chi connectivity index (χ2n) is 3.83. The largest absolute Gasteiger partial charge is 0.348 e. The van der Waals surface area contributed by atoms with E-state index in [-0.39, 0.29) is 0 Å². The van der Waals surface area contributed by atoms with Crippen LogP contribution in [-0.4, -0.2) is 36.2 Å². The first-order valence-corrected chi connectivity index (χ1v) is 6.52. The number of aromatic amines is 1. The van der Waals surface area contributed by atoms with Crippen LogP contribution in [0.3, 0.4) is 0 Å². The molecule has 0 saturated carbocycles. The standard InChI is InChI=1S/C10H13N5S/c1-7-9(12-6-11-7)10-14-13-8-2-4-16-5-3-15(8)10/h6H,2-5H2,1H3,(H,11,12). The number of rotatable bonds is 1. The molecule has 0 fully saturated rings. The van der Waals surface area contributed by atoms with E-state index in [1.807, 2.05) is 18.7 Å². The van der Waals surface area contributed by atoms with Crippen molar-refractivity contribution in [1.29, 1.82) is 0 Å². The number of thioether (sulfide) groups is 1. The van der Waals surface area contributed by atoms with Crippen LogP contribution in [0, 0.1) is 6.92 Å². The number of fused-ring (bicyclic) bond motifs is 1. The third kappa shape index (κ3) is 1.53. The highest BCUT2D eigenvalue weighted by Gasteiger charge is 2.18. The maximum absolute atomic E-state index is 4.31. The zero-order valence-corrected chi connectivity index (χ0v) is 9.92. The minimum absolute atomic E-state index is 0.899. The molecule has 2 aromatic heterocycles. The van der Waals surface area contributed by atoms with Gasteiger partial charge < -0.3 is 9.55 Å². The molecule has 84 valence electrons. The lowest BCUT2D eigenvalue weighted by molar-refractivity contribution is 0.730. The molecule has 3 rings (SSSR count). The van der Waals surface area contributed by atoms with Gasteiger partial charge in [0, 0.05) is 30.2 Å². The molecule has 2 aromatic rings. The van der Waals surface area contributed by atoms with Crippen molar-refractivity contribution in [2.75, 3.05) is 11.5 Å². The van der Waals surface area contributed by atoms with Crippen LogP contribution in [0.4, 0.5) is 0 Å². The average Bonchev–Trinajstić information content (AvgIpc) is 2.78. The molecule has 0 saturated heterocycles. The number of H-pyrrole nitrogens is 1. The predicted molar refractivity (Wildman–Crippen MR) is 63.4 cm³/mol. The fourth-order valence-corrected chi connectivity index (χ4v) is 2.78. The Bertz CT molecular complexity index is 501. The van der Waals surface area contributed by atoms with Crippen LogP contribution in [0.15, 0.2) is 6.33 Å². The predicted octanol–water partition coefficient (Wildman–Crippen LogP) is 1.27. The van der Waals surface area contributed by atoms with Crippen LogP contribution < -0.4 is 0 Å². The van der Waals surface area contributed by atoms with Crippen molar-refractivity contribution >= 4 is 11.8 Å². The molecular formula is C10H13N5S. The highest BCUT2D eigenvalue weighted by Crippen LogP contribution is 2.22. The Kier molecular flexibility index (Phi) is 2.43. The van der Waals surface area contributed by atoms with Gasteiger partial charge in [0.2, 0.25) is 0 Å². The molecule has 0 spiro atoms. The van der Waals surface area contributed by atoms with Crippen molar-refractivity contribution in [2.45, 2.75) is 19.9 Å². The van der Waals surface area contributed by atoms with Crippen molar-refractivity contribution in [1.82, 2.24) is 24.7 Å². The summed E-state index contributed by atoms with van der Waals surface area (Å²) in [5.41, 5.74) is 1.97. The summed E-state index contributed by atoms with van der Waals surface area (Å²) in [6.07, 6.45) is 2.71. The molecule has 16 heavy (non-hydrogen) atoms. The Morgan fingerprint density at radius 3 is 3.12 bits per heavy atom. The summed E-state index contributed by atoms with van der Waals surface area (Å²) in [7, 11) is 0. The molecule has 0 amide bonds. The van der Waals surface area contributed by atoms with E-state index in [4.69, 9.17) is 0 Å². The van der Waals surface area contributed by atoms with E-state index >= 15 is 0 Å². The summed E-state index contributed by atoms with van der Waals surface area (Å²) in [5.74, 6) is 4.25. The number of nitrogens with one attached hydrogen (secondary N) is 1. The van der Waals surface area contributed by atoms with E-state index in [9.17, 15) is 0 Å². The number of hydrogen-bond donors (Lipinski definition) is 1. The molecule has 0 atom stereocenters. The zero-order chi connectivity index (χ0) is 11.0. The summed E-state index contributed by atoms with van der Waals surface area (Å²) in [6.45, 7) is 2.99. The molecule has 0 radical (unpaired) electrons. The summed E-state index contributed by atoms with van der Waals surface area (Å²) < 4.78 is 2.20. The molecule has 0 aromatic carbocycles. The van der Waals surface area contributed by atoms with Crippen molar-refractivity contribution in [3.63, 3.8) is 0 Å². The van der Waals surface area contributed by atoms with Crippen LogP contribution in [0.25, 0.3) is 11.5 Å². The highest BCUT2D eigenvalue weighted by molar-refractivity contribution is 7.99. The summed E-state index contributed by atoms with van der Waals surface area (Å²) in [4.78, 5) is 7.39. The second kappa shape index (κ2) is 3.93. The topological polar surface area (TPSA) is 59.4 Å². The van der Waals surface area contributed by atoms with Gasteiger partial charge in [-0.3, -0.25) is 0 Å². The number of aryl methyl sites for hydroxylation is 2. The third-order valence-electron chi connectivity index (χ3n) is 2.80. The number of hydrogen-bond acceptors (Lipinski definition) is 4. The minimum Gasteiger partial charge on any atom is -0.348 e. The van der Waals surface area contributed by atoms with Gasteiger partial charge in [0.15, 0.2) is 5.82 Å². The van der Waals surface area contributed by atoms with Gasteiger partial charge in [-0.2, -0.15) is 11.8 Å². The van der Waals surface area contributed by atoms with Crippen LogP contribution in [0.1, 0.15) is 11.5 Å². The Balaban J connectivity index is 2.09. The van der Waals surface area contributed by atoms with E-state index in [1.165, 1.54) is 0 Å². The van der Waals surface area contributed by atoms with Crippen LogP contribution in [-0.2, 0) is 13.0 Å². The van der Waals surface area contributed by atoms with Crippen molar-refractivity contribution in [3.8, 4) is 11.5 Å². The van der Waals surface area contributed by atoms with Gasteiger partial charge in [-0.15, -0.1) is 10.2 Å². The van der Waals surface area contributed by atoms with Crippen molar-refractivity contribution in [3.05, 3.63) is 17.8 Å². The molecule has 0 aliphatic carbocycles. The van der Waals surface area contributed by atoms with Gasteiger partial charge in [-0.1, -0.05) is 0 Å². The maximum atomic E-state index is 4.31. The summed E-state index contributed by atoms with van der Waals surface area (Å²) >= 11 is 1.97. The quantitative estimate of drug-likeness (QED) is 0.808. The lowest BCUT2D eigenvalue weighted by atomic mass is 10.3. The van der Waals surface area contributed by atoms with E-state index in [1.54, 1.807) is 6.33 Å².